The molecule has 1 heterocycles. The van der Waals surface area contributed by atoms with Crippen LogP contribution in [-0.2, 0) is 21.5 Å². The molecule has 4 atom stereocenters. The summed E-state index contributed by atoms with van der Waals surface area (Å²) in [6.07, 6.45) is 9.96. The number of amides is 1. The SMILES string of the molecule is CC12CCC3c4ccc(OS(N)(=O)=O)cc4CCC3C1CC=C2C(=O)Nc1ncccn1. The van der Waals surface area contributed by atoms with Crippen molar-refractivity contribution in [3.05, 3.63) is 59.4 Å². The largest absolute Gasteiger partial charge is 0.380 e. The van der Waals surface area contributed by atoms with Crippen molar-refractivity contribution in [2.24, 2.45) is 22.4 Å². The highest BCUT2D eigenvalue weighted by Gasteiger charge is 2.53. The normalized spacial score (nSPS) is 28.7. The number of nitrogens with zero attached hydrogens (tertiary/aromatic N) is 2. The number of carbonyl (C=O) groups is 1. The Morgan fingerprint density at radius 1 is 1.25 bits per heavy atom. The highest BCUT2D eigenvalue weighted by Crippen LogP contribution is 2.61. The number of hydrogen-bond acceptors (Lipinski definition) is 6. The Morgan fingerprint density at radius 3 is 2.78 bits per heavy atom. The van der Waals surface area contributed by atoms with Crippen LogP contribution in [0.1, 0.15) is 49.7 Å². The molecule has 1 amide bonds. The zero-order valence-electron chi connectivity index (χ0n) is 17.8. The minimum absolute atomic E-state index is 0.111. The quantitative estimate of drug-likeness (QED) is 0.731. The maximum absolute atomic E-state index is 13.1. The molecule has 3 aliphatic rings. The average molecular weight is 455 g/mol. The predicted octanol–water partition coefficient (Wildman–Crippen LogP) is 3.09. The number of hydrogen-bond donors (Lipinski definition) is 2. The van der Waals surface area contributed by atoms with Crippen LogP contribution in [0.25, 0.3) is 0 Å². The van der Waals surface area contributed by atoms with Gasteiger partial charge in [0.1, 0.15) is 5.75 Å². The molecule has 168 valence electrons. The van der Waals surface area contributed by atoms with Crippen molar-refractivity contribution in [3.8, 4) is 5.75 Å². The van der Waals surface area contributed by atoms with Crippen LogP contribution in [0.3, 0.4) is 0 Å². The molecule has 3 N–H and O–H groups in total. The molecular formula is C23H26N4O4S. The summed E-state index contributed by atoms with van der Waals surface area (Å²) in [5.41, 5.74) is 3.06. The molecule has 32 heavy (non-hydrogen) atoms. The molecule has 3 aliphatic carbocycles. The molecule has 0 radical (unpaired) electrons. The van der Waals surface area contributed by atoms with E-state index in [2.05, 4.69) is 28.3 Å². The fourth-order valence-electron chi connectivity index (χ4n) is 6.20. The van der Waals surface area contributed by atoms with Gasteiger partial charge in [-0.1, -0.05) is 19.1 Å². The second-order valence-electron chi connectivity index (χ2n) is 9.19. The van der Waals surface area contributed by atoms with E-state index in [1.54, 1.807) is 30.6 Å². The Labute approximate surface area is 187 Å². The van der Waals surface area contributed by atoms with Crippen molar-refractivity contribution < 1.29 is 17.4 Å². The number of anilines is 1. The zero-order chi connectivity index (χ0) is 22.5. The molecule has 1 fully saturated rings. The Balaban J connectivity index is 1.36. The van der Waals surface area contributed by atoms with Crippen molar-refractivity contribution in [1.29, 1.82) is 0 Å². The number of aromatic nitrogens is 2. The number of fused-ring (bicyclic) bond motifs is 5. The summed E-state index contributed by atoms with van der Waals surface area (Å²) in [5, 5.41) is 7.86. The third-order valence-corrected chi connectivity index (χ3v) is 7.95. The second-order valence-corrected chi connectivity index (χ2v) is 10.3. The van der Waals surface area contributed by atoms with Gasteiger partial charge in [-0.15, -0.1) is 0 Å². The fourth-order valence-corrected chi connectivity index (χ4v) is 6.57. The topological polar surface area (TPSA) is 124 Å². The maximum Gasteiger partial charge on any atom is 0.380 e. The lowest BCUT2D eigenvalue weighted by Gasteiger charge is -2.50. The number of rotatable bonds is 4. The first-order valence-corrected chi connectivity index (χ1v) is 12.4. The van der Waals surface area contributed by atoms with Crippen molar-refractivity contribution in [1.82, 2.24) is 9.97 Å². The highest BCUT2D eigenvalue weighted by atomic mass is 32.2. The van der Waals surface area contributed by atoms with Gasteiger partial charge in [0.15, 0.2) is 0 Å². The van der Waals surface area contributed by atoms with Gasteiger partial charge in [0.05, 0.1) is 0 Å². The van der Waals surface area contributed by atoms with Gasteiger partial charge in [0.2, 0.25) is 5.95 Å². The molecule has 9 heteroatoms. The number of allylic oxidation sites excluding steroid dienone is 1. The van der Waals surface area contributed by atoms with Gasteiger partial charge in [0.25, 0.3) is 5.91 Å². The first-order valence-electron chi connectivity index (χ1n) is 10.9. The van der Waals surface area contributed by atoms with Gasteiger partial charge in [0, 0.05) is 23.4 Å². The molecule has 1 aromatic heterocycles. The van der Waals surface area contributed by atoms with E-state index in [4.69, 9.17) is 9.32 Å². The summed E-state index contributed by atoms with van der Waals surface area (Å²) in [6.45, 7) is 2.22. The van der Waals surface area contributed by atoms with E-state index in [0.29, 0.717) is 23.7 Å². The van der Waals surface area contributed by atoms with Crippen molar-refractivity contribution >= 4 is 22.2 Å². The Bertz CT molecular complexity index is 1200. The van der Waals surface area contributed by atoms with E-state index >= 15 is 0 Å². The Kier molecular flexibility index (Phi) is 5.05. The summed E-state index contributed by atoms with van der Waals surface area (Å²) in [5.74, 6) is 1.74. The molecule has 0 spiro atoms. The zero-order valence-corrected chi connectivity index (χ0v) is 18.6. The smallest absolute Gasteiger partial charge is 0.371 e. The number of aryl methyl sites for hydroxylation is 1. The number of benzene rings is 1. The van der Waals surface area contributed by atoms with Gasteiger partial charge >= 0.3 is 10.3 Å². The standard InChI is InChI=1S/C23H26N4O4S/c1-23-10-9-17-16-6-4-15(31-32(24,29)30)13-14(16)3-5-18(17)19(23)7-8-20(23)21(28)27-22-25-11-2-12-26-22/h2,4,6,8,11-13,17-19H,3,5,7,9-10H2,1H3,(H2,24,29,30)(H,25,26,27,28). The molecule has 0 saturated heterocycles. The molecule has 1 aromatic carbocycles. The molecule has 0 aliphatic heterocycles. The Hall–Kier alpha value is -2.78. The van der Waals surface area contributed by atoms with Gasteiger partial charge in [-0.25, -0.2) is 9.97 Å². The fraction of sp³-hybridized carbons (Fsp3) is 0.435. The van der Waals surface area contributed by atoms with E-state index < -0.39 is 10.3 Å². The molecule has 2 aromatic rings. The Morgan fingerprint density at radius 2 is 2.03 bits per heavy atom. The molecule has 5 rings (SSSR count). The van der Waals surface area contributed by atoms with Crippen LogP contribution < -0.4 is 14.6 Å². The lowest BCUT2D eigenvalue weighted by atomic mass is 9.54. The van der Waals surface area contributed by atoms with Gasteiger partial charge < -0.3 is 4.18 Å². The second kappa shape index (κ2) is 7.67. The van der Waals surface area contributed by atoms with E-state index in [1.165, 1.54) is 5.56 Å². The third-order valence-electron chi connectivity index (χ3n) is 7.53. The summed E-state index contributed by atoms with van der Waals surface area (Å²) in [7, 11) is -4.04. The lowest BCUT2D eigenvalue weighted by molar-refractivity contribution is -0.114. The monoisotopic (exact) mass is 454 g/mol. The van der Waals surface area contributed by atoms with Crippen LogP contribution in [0.2, 0.25) is 0 Å². The molecule has 0 bridgehead atoms. The molecule has 1 saturated carbocycles. The molecule has 4 unspecified atom stereocenters. The summed E-state index contributed by atoms with van der Waals surface area (Å²) >= 11 is 0. The maximum atomic E-state index is 13.1. The van der Waals surface area contributed by atoms with E-state index in [0.717, 1.165) is 43.2 Å². The van der Waals surface area contributed by atoms with Gasteiger partial charge in [-0.2, -0.15) is 13.6 Å². The van der Waals surface area contributed by atoms with Crippen LogP contribution in [0, 0.1) is 17.3 Å². The van der Waals surface area contributed by atoms with E-state index in [1.807, 2.05) is 6.07 Å². The lowest BCUT2D eigenvalue weighted by Crippen LogP contribution is -2.43. The van der Waals surface area contributed by atoms with Crippen LogP contribution in [-0.4, -0.2) is 24.3 Å². The first kappa shape index (κ1) is 21.1. The predicted molar refractivity (Wildman–Crippen MR) is 119 cm³/mol. The highest BCUT2D eigenvalue weighted by molar-refractivity contribution is 7.84. The number of nitrogens with one attached hydrogen (secondary N) is 1. The van der Waals surface area contributed by atoms with Crippen molar-refractivity contribution in [2.45, 2.75) is 44.9 Å². The van der Waals surface area contributed by atoms with E-state index in [9.17, 15) is 13.2 Å². The van der Waals surface area contributed by atoms with E-state index in [-0.39, 0.29) is 17.1 Å². The van der Waals surface area contributed by atoms with Crippen LogP contribution in [0.15, 0.2) is 48.3 Å². The minimum Gasteiger partial charge on any atom is -0.371 e. The van der Waals surface area contributed by atoms with Gasteiger partial charge in [-0.05, 0) is 79.2 Å². The summed E-state index contributed by atoms with van der Waals surface area (Å²) < 4.78 is 27.4. The van der Waals surface area contributed by atoms with Crippen molar-refractivity contribution in [3.63, 3.8) is 0 Å². The van der Waals surface area contributed by atoms with Gasteiger partial charge in [-0.3, -0.25) is 10.1 Å². The third kappa shape index (κ3) is 3.69. The average Bonchev–Trinajstić information content (AvgIpc) is 3.10. The van der Waals surface area contributed by atoms with Crippen LogP contribution >= 0.6 is 0 Å². The van der Waals surface area contributed by atoms with Crippen LogP contribution in [0.5, 0.6) is 5.75 Å². The number of carbonyl (C=O) groups excluding carboxylic acids is 1. The summed E-state index contributed by atoms with van der Waals surface area (Å²) in [6, 6.07) is 7.19. The number of nitrogens with two attached hydrogens (primary N) is 1. The molecule has 8 nitrogen and oxygen atoms in total. The van der Waals surface area contributed by atoms with Crippen LogP contribution in [0.4, 0.5) is 5.95 Å². The minimum atomic E-state index is -4.04. The first-order chi connectivity index (χ1) is 15.2. The van der Waals surface area contributed by atoms with Crippen molar-refractivity contribution in [2.75, 3.05) is 5.32 Å². The summed E-state index contributed by atoms with van der Waals surface area (Å²) in [4.78, 5) is 21.3. The molecular weight excluding hydrogens is 428 g/mol.